The molecule has 1 nitrogen and oxygen atoms in total. The number of halogens is 1. The molecule has 0 aromatic heterocycles. The van der Waals surface area contributed by atoms with Crippen LogP contribution in [0.25, 0.3) is 0 Å². The van der Waals surface area contributed by atoms with E-state index in [0.29, 0.717) is 5.56 Å². The second kappa shape index (κ2) is 2.85. The van der Waals surface area contributed by atoms with E-state index in [0.717, 1.165) is 4.35 Å². The summed E-state index contributed by atoms with van der Waals surface area (Å²) in [7, 11) is 0. The summed E-state index contributed by atoms with van der Waals surface area (Å²) in [6.45, 7) is 0. The van der Waals surface area contributed by atoms with Gasteiger partial charge in [-0.15, -0.1) is 0 Å². The third kappa shape index (κ3) is 1.37. The molecule has 0 aliphatic heterocycles. The molecule has 0 N–H and O–H groups in total. The molecule has 1 aromatic carbocycles. The van der Waals surface area contributed by atoms with Crippen LogP contribution in [0.2, 0.25) is 0 Å². The van der Waals surface area contributed by atoms with Gasteiger partial charge in [-0.05, 0) is 0 Å². The fraction of sp³-hybridized carbons (Fsp3) is 0. The fourth-order valence-corrected chi connectivity index (χ4v) is 1.31. The second-order valence-corrected chi connectivity index (χ2v) is 3.15. The van der Waals surface area contributed by atoms with E-state index in [1.54, 1.807) is 0 Å². The van der Waals surface area contributed by atoms with E-state index >= 15 is 0 Å². The summed E-state index contributed by atoms with van der Waals surface area (Å²) in [5.41, 5.74) is 0.557. The molecule has 1 atom stereocenters. The van der Waals surface area contributed by atoms with Crippen molar-refractivity contribution in [1.29, 1.82) is 5.26 Å². The summed E-state index contributed by atoms with van der Waals surface area (Å²) in [4.78, 5) is 0. The van der Waals surface area contributed by atoms with E-state index in [2.05, 4.69) is 0 Å². The molecule has 0 heterocycles. The number of rotatable bonds is 0. The molecule has 0 bridgehead atoms. The zero-order valence-corrected chi connectivity index (χ0v) is 7.56. The molecular weight excluding hydrogens is 192 g/mol. The third-order valence-electron chi connectivity index (χ3n) is 1.13. The standard InChI is InChI=1S/C7H5AsFN/c8-7-3-6(9)2-1-5(7)4-10/h1-3H,8H2. The predicted molar refractivity (Wildman–Crippen MR) is 39.3 cm³/mol. The summed E-state index contributed by atoms with van der Waals surface area (Å²) in [6, 6.07) is 6.13. The molecule has 0 spiro atoms. The SMILES string of the molecule is N#Cc1ccc(F)cc1[AsH2]. The second-order valence-electron chi connectivity index (χ2n) is 1.84. The van der Waals surface area contributed by atoms with Crippen LogP contribution < -0.4 is 4.35 Å². The van der Waals surface area contributed by atoms with Crippen LogP contribution in [0.15, 0.2) is 18.2 Å². The van der Waals surface area contributed by atoms with E-state index in [9.17, 15) is 4.39 Å². The van der Waals surface area contributed by atoms with Crippen LogP contribution in [-0.2, 0) is 0 Å². The van der Waals surface area contributed by atoms with Gasteiger partial charge in [0.15, 0.2) is 0 Å². The Hall–Kier alpha value is -0.802. The Morgan fingerprint density at radius 1 is 1.50 bits per heavy atom. The van der Waals surface area contributed by atoms with E-state index in [-0.39, 0.29) is 5.82 Å². The van der Waals surface area contributed by atoms with Crippen molar-refractivity contribution in [2.24, 2.45) is 0 Å². The van der Waals surface area contributed by atoms with Crippen molar-refractivity contribution in [1.82, 2.24) is 0 Å². The van der Waals surface area contributed by atoms with Gasteiger partial charge in [-0.3, -0.25) is 0 Å². The van der Waals surface area contributed by atoms with Gasteiger partial charge in [-0.1, -0.05) is 0 Å². The normalized spacial score (nSPS) is 8.90. The van der Waals surface area contributed by atoms with Crippen molar-refractivity contribution in [3.05, 3.63) is 29.6 Å². The Bertz CT molecular complexity index is 290. The van der Waals surface area contributed by atoms with Crippen LogP contribution in [0.3, 0.4) is 0 Å². The Balaban J connectivity index is 3.23. The third-order valence-corrected chi connectivity index (χ3v) is 2.14. The van der Waals surface area contributed by atoms with Crippen LogP contribution in [0.1, 0.15) is 5.56 Å². The average molecular weight is 197 g/mol. The van der Waals surface area contributed by atoms with Gasteiger partial charge in [0.25, 0.3) is 0 Å². The van der Waals surface area contributed by atoms with Crippen molar-refractivity contribution in [2.45, 2.75) is 0 Å². The van der Waals surface area contributed by atoms with E-state index in [1.807, 2.05) is 6.07 Å². The molecule has 1 aromatic rings. The van der Waals surface area contributed by atoms with Gasteiger partial charge < -0.3 is 0 Å². The minimum atomic E-state index is -0.279. The van der Waals surface area contributed by atoms with E-state index < -0.39 is 0 Å². The van der Waals surface area contributed by atoms with E-state index in [4.69, 9.17) is 5.26 Å². The molecule has 0 aliphatic rings. The van der Waals surface area contributed by atoms with Crippen LogP contribution in [0.4, 0.5) is 4.39 Å². The summed E-state index contributed by atoms with van der Waals surface area (Å²) < 4.78 is 13.1. The van der Waals surface area contributed by atoms with Crippen molar-refractivity contribution < 1.29 is 4.39 Å². The van der Waals surface area contributed by atoms with Crippen LogP contribution in [0.5, 0.6) is 0 Å². The Morgan fingerprint density at radius 3 is 2.70 bits per heavy atom. The zero-order valence-electron chi connectivity index (χ0n) is 5.13. The maximum atomic E-state index is 12.4. The Labute approximate surface area is 67.0 Å². The van der Waals surface area contributed by atoms with Gasteiger partial charge in [0.1, 0.15) is 0 Å². The monoisotopic (exact) mass is 197 g/mol. The minimum absolute atomic E-state index is 0.279. The van der Waals surface area contributed by atoms with Crippen molar-refractivity contribution in [3.63, 3.8) is 0 Å². The van der Waals surface area contributed by atoms with Crippen molar-refractivity contribution >= 4 is 21.2 Å². The summed E-state index contributed by atoms with van der Waals surface area (Å²) in [5.74, 6) is -0.279. The molecule has 1 rings (SSSR count). The molecule has 0 aliphatic carbocycles. The van der Waals surface area contributed by atoms with Gasteiger partial charge in [0.05, 0.1) is 0 Å². The number of nitrogens with zero attached hydrogens (tertiary/aromatic N) is 1. The summed E-state index contributed by atoms with van der Waals surface area (Å²) in [6.07, 6.45) is 0. The number of hydrogen-bond acceptors (Lipinski definition) is 1. The van der Waals surface area contributed by atoms with Crippen molar-refractivity contribution in [3.8, 4) is 6.07 Å². The Kier molecular flexibility index (Phi) is 2.09. The molecule has 50 valence electrons. The average Bonchev–Trinajstić information content (AvgIpc) is 1.88. The number of hydrogen-bond donors (Lipinski definition) is 0. The number of nitriles is 1. The van der Waals surface area contributed by atoms with Crippen LogP contribution in [0, 0.1) is 17.1 Å². The van der Waals surface area contributed by atoms with Crippen LogP contribution in [-0.4, -0.2) is 16.9 Å². The first-order valence-corrected chi connectivity index (χ1v) is 3.90. The molecule has 1 unspecified atom stereocenters. The maximum absolute atomic E-state index is 12.4. The van der Waals surface area contributed by atoms with Crippen LogP contribution >= 0.6 is 0 Å². The molecule has 0 saturated heterocycles. The summed E-state index contributed by atoms with van der Waals surface area (Å²) >= 11 is 1.27. The first-order chi connectivity index (χ1) is 4.74. The van der Waals surface area contributed by atoms with Gasteiger partial charge in [0.2, 0.25) is 0 Å². The molecule has 0 fully saturated rings. The van der Waals surface area contributed by atoms with Gasteiger partial charge in [-0.2, -0.15) is 0 Å². The molecular formula is C7H5AsFN. The summed E-state index contributed by atoms with van der Waals surface area (Å²) in [5, 5.41) is 8.45. The first kappa shape index (κ1) is 7.31. The number of benzene rings is 1. The van der Waals surface area contributed by atoms with Gasteiger partial charge in [-0.25, -0.2) is 0 Å². The van der Waals surface area contributed by atoms with Gasteiger partial charge >= 0.3 is 66.5 Å². The topological polar surface area (TPSA) is 23.8 Å². The first-order valence-electron chi connectivity index (χ1n) is 2.69. The molecule has 3 heteroatoms. The molecule has 10 heavy (non-hydrogen) atoms. The van der Waals surface area contributed by atoms with Crippen molar-refractivity contribution in [2.75, 3.05) is 0 Å². The predicted octanol–water partition coefficient (Wildman–Crippen LogP) is -0.0442. The van der Waals surface area contributed by atoms with Gasteiger partial charge in [0, 0.05) is 0 Å². The molecule has 0 saturated carbocycles. The molecule has 0 amide bonds. The molecule has 0 radical (unpaired) electrons. The quantitative estimate of drug-likeness (QED) is 0.535. The fourth-order valence-electron chi connectivity index (χ4n) is 0.635. The zero-order chi connectivity index (χ0) is 7.56. The van der Waals surface area contributed by atoms with E-state index in [1.165, 1.54) is 35.1 Å². The Morgan fingerprint density at radius 2 is 2.20 bits per heavy atom.